The van der Waals surface area contributed by atoms with E-state index >= 15 is 0 Å². The molecule has 2 saturated heterocycles. The average molecular weight is 723 g/mol. The number of nitrogens with zero attached hydrogens (tertiary/aromatic N) is 3. The van der Waals surface area contributed by atoms with Crippen molar-refractivity contribution in [1.82, 2.24) is 9.80 Å². The van der Waals surface area contributed by atoms with Gasteiger partial charge in [-0.25, -0.2) is 9.18 Å². The van der Waals surface area contributed by atoms with Gasteiger partial charge in [-0.2, -0.15) is 13.2 Å². The molecule has 0 atom stereocenters. The highest BCUT2D eigenvalue weighted by molar-refractivity contribution is 6.42. The second-order valence-electron chi connectivity index (χ2n) is 12.5. The zero-order valence-corrected chi connectivity index (χ0v) is 28.2. The third kappa shape index (κ3) is 9.95. The van der Waals surface area contributed by atoms with Gasteiger partial charge in [0, 0.05) is 36.8 Å². The number of esters is 1. The number of ether oxygens (including phenoxy) is 1. The summed E-state index contributed by atoms with van der Waals surface area (Å²) in [6.45, 7) is 3.87. The van der Waals surface area contributed by atoms with Crippen molar-refractivity contribution >= 4 is 46.7 Å². The van der Waals surface area contributed by atoms with Crippen LogP contribution in [0.2, 0.25) is 10.0 Å². The van der Waals surface area contributed by atoms with E-state index in [1.54, 1.807) is 28.0 Å². The molecule has 3 aromatic carbocycles. The fourth-order valence-electron chi connectivity index (χ4n) is 6.40. The molecular formula is C36H37Cl2F4N3O4. The van der Waals surface area contributed by atoms with Crippen LogP contribution in [0.4, 0.5) is 23.2 Å². The molecule has 2 aliphatic rings. The van der Waals surface area contributed by atoms with E-state index < -0.39 is 12.1 Å². The minimum Gasteiger partial charge on any atom is -0.420 e. The van der Waals surface area contributed by atoms with Crippen molar-refractivity contribution in [2.45, 2.75) is 44.7 Å². The highest BCUT2D eigenvalue weighted by Crippen LogP contribution is 2.31. The fraction of sp³-hybridized carbons (Fsp3) is 0.417. The summed E-state index contributed by atoms with van der Waals surface area (Å²) in [6.07, 6.45) is -0.458. The summed E-state index contributed by atoms with van der Waals surface area (Å²) in [7, 11) is 0. The average Bonchev–Trinajstić information content (AvgIpc) is 3.09. The summed E-state index contributed by atoms with van der Waals surface area (Å²) >= 11 is 12.5. The minimum atomic E-state index is -5.13. The van der Waals surface area contributed by atoms with E-state index in [4.69, 9.17) is 23.2 Å². The molecule has 5 rings (SSSR count). The second kappa shape index (κ2) is 16.4. The molecule has 262 valence electrons. The van der Waals surface area contributed by atoms with Gasteiger partial charge in [0.2, 0.25) is 5.91 Å². The molecule has 0 radical (unpaired) electrons. The van der Waals surface area contributed by atoms with Crippen molar-refractivity contribution in [1.29, 1.82) is 0 Å². The molecule has 0 saturated carbocycles. The number of anilines is 1. The largest absolute Gasteiger partial charge is 0.491 e. The van der Waals surface area contributed by atoms with Gasteiger partial charge in [-0.1, -0.05) is 35.3 Å². The lowest BCUT2D eigenvalue weighted by Gasteiger charge is -2.35. The molecule has 0 aliphatic carbocycles. The van der Waals surface area contributed by atoms with E-state index in [-0.39, 0.29) is 34.9 Å². The van der Waals surface area contributed by atoms with Gasteiger partial charge < -0.3 is 19.4 Å². The number of likely N-dealkylation sites (tertiary alicyclic amines) is 2. The smallest absolute Gasteiger partial charge is 0.420 e. The number of carbonyl (C=O) groups excluding carboxylic acids is 3. The molecule has 2 aliphatic heterocycles. The Kier molecular flexibility index (Phi) is 12.2. The third-order valence-corrected chi connectivity index (χ3v) is 9.90. The zero-order chi connectivity index (χ0) is 35.1. The first kappa shape index (κ1) is 36.6. The molecule has 49 heavy (non-hydrogen) atoms. The summed E-state index contributed by atoms with van der Waals surface area (Å²) < 4.78 is 55.0. The lowest BCUT2D eigenvalue weighted by Crippen LogP contribution is -2.45. The van der Waals surface area contributed by atoms with Crippen LogP contribution in [0.3, 0.4) is 0 Å². The molecule has 0 aromatic heterocycles. The first-order valence-electron chi connectivity index (χ1n) is 16.3. The molecule has 13 heteroatoms. The number of benzene rings is 3. The summed E-state index contributed by atoms with van der Waals surface area (Å²) in [5.41, 5.74) is 2.03. The molecule has 7 nitrogen and oxygen atoms in total. The first-order chi connectivity index (χ1) is 23.4. The van der Waals surface area contributed by atoms with Gasteiger partial charge in [-0.15, -0.1) is 0 Å². The van der Waals surface area contributed by atoms with Crippen LogP contribution < -0.4 is 9.64 Å². The third-order valence-electron chi connectivity index (χ3n) is 9.16. The Hall–Kier alpha value is -3.67. The Balaban J connectivity index is 1.14. The lowest BCUT2D eigenvalue weighted by molar-refractivity contribution is -0.189. The van der Waals surface area contributed by atoms with E-state index in [0.717, 1.165) is 63.0 Å². The first-order valence-corrected chi connectivity index (χ1v) is 17.0. The van der Waals surface area contributed by atoms with Crippen LogP contribution in [0.25, 0.3) is 0 Å². The van der Waals surface area contributed by atoms with Gasteiger partial charge in [-0.3, -0.25) is 9.59 Å². The van der Waals surface area contributed by atoms with Crippen LogP contribution in [0, 0.1) is 17.7 Å². The zero-order valence-electron chi connectivity index (χ0n) is 26.7. The van der Waals surface area contributed by atoms with E-state index in [9.17, 15) is 31.9 Å². The molecule has 2 fully saturated rings. The highest BCUT2D eigenvalue weighted by atomic mass is 35.5. The van der Waals surface area contributed by atoms with E-state index in [1.807, 2.05) is 12.1 Å². The molecule has 0 unspecified atom stereocenters. The summed E-state index contributed by atoms with van der Waals surface area (Å²) in [5, 5.41) is 0.736. The number of alkyl halides is 3. The molecule has 0 bridgehead atoms. The van der Waals surface area contributed by atoms with Crippen molar-refractivity contribution < 1.29 is 36.7 Å². The van der Waals surface area contributed by atoms with E-state index in [1.165, 1.54) is 24.3 Å². The lowest BCUT2D eigenvalue weighted by atomic mass is 9.90. The molecule has 3 aromatic rings. The van der Waals surface area contributed by atoms with Crippen LogP contribution in [-0.2, 0) is 16.0 Å². The maximum Gasteiger partial charge on any atom is 0.491 e. The van der Waals surface area contributed by atoms with Gasteiger partial charge >= 0.3 is 12.1 Å². The van der Waals surface area contributed by atoms with E-state index in [2.05, 4.69) is 9.64 Å². The van der Waals surface area contributed by atoms with Crippen molar-refractivity contribution in [3.05, 3.63) is 93.7 Å². The predicted molar refractivity (Wildman–Crippen MR) is 179 cm³/mol. The Morgan fingerprint density at radius 1 is 0.837 bits per heavy atom. The predicted octanol–water partition coefficient (Wildman–Crippen LogP) is 7.83. The summed E-state index contributed by atoms with van der Waals surface area (Å²) in [6, 6.07) is 16.7. The Bertz CT molecular complexity index is 1610. The van der Waals surface area contributed by atoms with Crippen molar-refractivity contribution in [2.24, 2.45) is 11.8 Å². The number of carbonyl (C=O) groups is 3. The van der Waals surface area contributed by atoms with E-state index in [0.29, 0.717) is 54.1 Å². The van der Waals surface area contributed by atoms with Crippen LogP contribution in [0.15, 0.2) is 66.7 Å². The fourth-order valence-corrected chi connectivity index (χ4v) is 6.70. The monoisotopic (exact) mass is 721 g/mol. The van der Waals surface area contributed by atoms with Crippen molar-refractivity contribution in [3.8, 4) is 5.75 Å². The van der Waals surface area contributed by atoms with Gasteiger partial charge in [-0.05, 0) is 124 Å². The van der Waals surface area contributed by atoms with Gasteiger partial charge in [0.1, 0.15) is 11.6 Å². The molecule has 2 heterocycles. The normalized spacial score (nSPS) is 16.4. The maximum absolute atomic E-state index is 13.9. The number of hydrogen-bond acceptors (Lipinski definition) is 5. The summed E-state index contributed by atoms with van der Waals surface area (Å²) in [5.74, 6) is -3.05. The molecular weight excluding hydrogens is 685 g/mol. The quantitative estimate of drug-likeness (QED) is 0.121. The van der Waals surface area contributed by atoms with Gasteiger partial charge in [0.25, 0.3) is 5.91 Å². The Morgan fingerprint density at radius 2 is 1.49 bits per heavy atom. The minimum absolute atomic E-state index is 0.0562. The van der Waals surface area contributed by atoms with Gasteiger partial charge in [0.15, 0.2) is 0 Å². The number of halogens is 6. The summed E-state index contributed by atoms with van der Waals surface area (Å²) in [4.78, 5) is 43.9. The van der Waals surface area contributed by atoms with Crippen LogP contribution in [0.5, 0.6) is 5.75 Å². The number of hydrogen-bond donors (Lipinski definition) is 0. The second-order valence-corrected chi connectivity index (χ2v) is 13.3. The standard InChI is InChI=1S/C36H37Cl2F4N3O4/c37-31-11-8-29(23-32(31)38)45(17-1-16-43-18-12-25(13-19-43)22-24-2-6-28(39)7-3-24)34(47)27-14-20-44(21-15-27)33(46)26-4-9-30(10-5-26)49-35(48)36(40,41)42/h2-11,23,25,27H,1,12-22H2. The number of piperidine rings is 2. The van der Waals surface area contributed by atoms with Crippen LogP contribution in [-0.4, -0.2) is 73.0 Å². The molecule has 2 amide bonds. The highest BCUT2D eigenvalue weighted by Gasteiger charge is 2.41. The number of rotatable bonds is 10. The Morgan fingerprint density at radius 3 is 2.10 bits per heavy atom. The Labute approximate surface area is 292 Å². The topological polar surface area (TPSA) is 70.2 Å². The van der Waals surface area contributed by atoms with Crippen molar-refractivity contribution in [2.75, 3.05) is 44.2 Å². The number of amides is 2. The SMILES string of the molecule is O=C(c1ccc(OC(=O)C(F)(F)F)cc1)N1CCC(C(=O)N(CCCN2CCC(Cc3ccc(F)cc3)CC2)c2ccc(Cl)c(Cl)c2)CC1. The van der Waals surface area contributed by atoms with Crippen LogP contribution >= 0.6 is 23.2 Å². The van der Waals surface area contributed by atoms with Crippen molar-refractivity contribution in [3.63, 3.8) is 0 Å². The van der Waals surface area contributed by atoms with Gasteiger partial charge in [0.05, 0.1) is 10.0 Å². The molecule has 0 spiro atoms. The molecule has 0 N–H and O–H groups in total. The van der Waals surface area contributed by atoms with Crippen LogP contribution in [0.1, 0.15) is 48.0 Å². The maximum atomic E-state index is 13.9.